The second-order valence-electron chi connectivity index (χ2n) is 7.69. The van der Waals surface area contributed by atoms with Crippen molar-refractivity contribution < 1.29 is 9.53 Å². The van der Waals surface area contributed by atoms with Gasteiger partial charge in [0.25, 0.3) is 5.91 Å². The lowest BCUT2D eigenvalue weighted by atomic mass is 10.1. The third-order valence-electron chi connectivity index (χ3n) is 5.24. The van der Waals surface area contributed by atoms with E-state index in [1.54, 1.807) is 25.3 Å². The fraction of sp³-hybridized carbons (Fsp3) is 0.231. The van der Waals surface area contributed by atoms with Gasteiger partial charge in [-0.3, -0.25) is 4.79 Å². The van der Waals surface area contributed by atoms with Gasteiger partial charge in [-0.2, -0.15) is 5.26 Å². The molecule has 164 valence electrons. The summed E-state index contributed by atoms with van der Waals surface area (Å²) in [6, 6.07) is 21.4. The summed E-state index contributed by atoms with van der Waals surface area (Å²) in [6.45, 7) is 6.65. The summed E-state index contributed by atoms with van der Waals surface area (Å²) in [5, 5.41) is 15.7. The Morgan fingerprint density at radius 3 is 2.34 bits per heavy atom. The molecule has 6 heteroatoms. The van der Waals surface area contributed by atoms with Crippen LogP contribution in [0, 0.1) is 25.2 Å². The number of aromatic nitrogens is 1. The summed E-state index contributed by atoms with van der Waals surface area (Å²) in [6.07, 6.45) is 1.64. The smallest absolute Gasteiger partial charge is 0.266 e. The molecule has 1 heterocycles. The molecule has 32 heavy (non-hydrogen) atoms. The third-order valence-corrected chi connectivity index (χ3v) is 5.24. The summed E-state index contributed by atoms with van der Waals surface area (Å²) in [7, 11) is 1.67. The van der Waals surface area contributed by atoms with Crippen LogP contribution in [0.25, 0.3) is 6.08 Å². The molecule has 0 bridgehead atoms. The van der Waals surface area contributed by atoms with Crippen LogP contribution in [0.1, 0.15) is 29.9 Å². The van der Waals surface area contributed by atoms with Gasteiger partial charge in [0, 0.05) is 35.6 Å². The van der Waals surface area contributed by atoms with Gasteiger partial charge < -0.3 is 19.9 Å². The van der Waals surface area contributed by atoms with Gasteiger partial charge in [-0.15, -0.1) is 0 Å². The van der Waals surface area contributed by atoms with Gasteiger partial charge in [-0.1, -0.05) is 18.2 Å². The van der Waals surface area contributed by atoms with E-state index in [1.165, 1.54) is 0 Å². The van der Waals surface area contributed by atoms with E-state index in [0.29, 0.717) is 12.3 Å². The molecule has 2 aromatic carbocycles. The molecule has 1 aromatic heterocycles. The van der Waals surface area contributed by atoms with Crippen molar-refractivity contribution in [2.45, 2.75) is 26.8 Å². The molecule has 1 unspecified atom stereocenters. The maximum absolute atomic E-state index is 12.7. The summed E-state index contributed by atoms with van der Waals surface area (Å²) in [5.41, 5.74) is 5.45. The average molecular weight is 429 g/mol. The Morgan fingerprint density at radius 1 is 1.09 bits per heavy atom. The average Bonchev–Trinajstić information content (AvgIpc) is 3.07. The molecule has 2 N–H and O–H groups in total. The number of amides is 1. The number of nitrogens with zero attached hydrogens (tertiary/aromatic N) is 2. The first-order valence-corrected chi connectivity index (χ1v) is 10.5. The fourth-order valence-electron chi connectivity index (χ4n) is 3.77. The monoisotopic (exact) mass is 428 g/mol. The number of nitrogens with one attached hydrogen (secondary N) is 2. The van der Waals surface area contributed by atoms with Crippen molar-refractivity contribution >= 4 is 29.0 Å². The van der Waals surface area contributed by atoms with Gasteiger partial charge in [0.2, 0.25) is 0 Å². The summed E-state index contributed by atoms with van der Waals surface area (Å²) in [5.74, 6) is -0.439. The number of nitriles is 1. The molecule has 0 fully saturated rings. The van der Waals surface area contributed by atoms with Gasteiger partial charge in [-0.05, 0) is 74.9 Å². The molecule has 1 amide bonds. The number of benzene rings is 2. The van der Waals surface area contributed by atoms with E-state index >= 15 is 0 Å². The van der Waals surface area contributed by atoms with Gasteiger partial charge in [0.05, 0.1) is 12.6 Å². The number of hydrogen-bond donors (Lipinski definition) is 2. The Balaban J connectivity index is 1.73. The molecule has 0 aliphatic heterocycles. The molecule has 3 aromatic rings. The van der Waals surface area contributed by atoms with Crippen molar-refractivity contribution in [1.29, 1.82) is 5.26 Å². The van der Waals surface area contributed by atoms with Crippen LogP contribution in [0.2, 0.25) is 0 Å². The number of rotatable bonds is 8. The molecule has 0 spiro atoms. The minimum atomic E-state index is -0.439. The van der Waals surface area contributed by atoms with Crippen LogP contribution in [0.15, 0.2) is 66.2 Å². The van der Waals surface area contributed by atoms with Crippen LogP contribution in [0.4, 0.5) is 17.1 Å². The first kappa shape index (κ1) is 22.9. The van der Waals surface area contributed by atoms with Gasteiger partial charge in [-0.25, -0.2) is 0 Å². The largest absolute Gasteiger partial charge is 0.383 e. The molecule has 3 rings (SSSR count). The Morgan fingerprint density at radius 2 is 1.72 bits per heavy atom. The molecule has 0 aliphatic rings. The maximum atomic E-state index is 12.7. The highest BCUT2D eigenvalue weighted by Gasteiger charge is 2.16. The predicted molar refractivity (Wildman–Crippen MR) is 129 cm³/mol. The number of carbonyl (C=O) groups is 1. The highest BCUT2D eigenvalue weighted by Crippen LogP contribution is 2.24. The van der Waals surface area contributed by atoms with E-state index in [4.69, 9.17) is 4.74 Å². The van der Waals surface area contributed by atoms with E-state index in [0.717, 1.165) is 28.3 Å². The van der Waals surface area contributed by atoms with Crippen LogP contribution in [0.5, 0.6) is 0 Å². The van der Waals surface area contributed by atoms with Gasteiger partial charge in [0.15, 0.2) is 0 Å². The summed E-state index contributed by atoms with van der Waals surface area (Å²) < 4.78 is 7.42. The Bertz CT molecular complexity index is 1140. The summed E-state index contributed by atoms with van der Waals surface area (Å²) >= 11 is 0. The Labute approximate surface area is 189 Å². The minimum Gasteiger partial charge on any atom is -0.383 e. The van der Waals surface area contributed by atoms with Crippen molar-refractivity contribution in [2.24, 2.45) is 0 Å². The summed E-state index contributed by atoms with van der Waals surface area (Å²) in [4.78, 5) is 12.7. The number of hydrogen-bond acceptors (Lipinski definition) is 4. The van der Waals surface area contributed by atoms with E-state index in [-0.39, 0.29) is 11.6 Å². The van der Waals surface area contributed by atoms with E-state index in [1.807, 2.05) is 68.4 Å². The van der Waals surface area contributed by atoms with Crippen molar-refractivity contribution in [3.05, 3.63) is 83.2 Å². The lowest BCUT2D eigenvalue weighted by Crippen LogP contribution is -2.14. The maximum Gasteiger partial charge on any atom is 0.266 e. The van der Waals surface area contributed by atoms with Crippen molar-refractivity contribution in [3.8, 4) is 6.07 Å². The van der Waals surface area contributed by atoms with Crippen LogP contribution >= 0.6 is 0 Å². The van der Waals surface area contributed by atoms with Crippen LogP contribution in [-0.2, 0) is 9.53 Å². The normalized spacial score (nSPS) is 12.2. The minimum absolute atomic E-state index is 0.0520. The highest BCUT2D eigenvalue weighted by atomic mass is 16.5. The zero-order valence-corrected chi connectivity index (χ0v) is 18.8. The van der Waals surface area contributed by atoms with Crippen molar-refractivity contribution in [1.82, 2.24) is 4.57 Å². The van der Waals surface area contributed by atoms with Crippen LogP contribution in [0.3, 0.4) is 0 Å². The first-order chi connectivity index (χ1) is 15.4. The molecule has 0 saturated carbocycles. The van der Waals surface area contributed by atoms with Crippen molar-refractivity contribution in [3.63, 3.8) is 0 Å². The van der Waals surface area contributed by atoms with E-state index < -0.39 is 5.91 Å². The number of methoxy groups -OCH3 is 1. The molecule has 0 saturated heterocycles. The Hall–Kier alpha value is -3.82. The lowest BCUT2D eigenvalue weighted by molar-refractivity contribution is -0.112. The van der Waals surface area contributed by atoms with Crippen LogP contribution in [-0.4, -0.2) is 24.2 Å². The number of para-hydroxylation sites is 1. The number of aryl methyl sites for hydroxylation is 1. The molecule has 0 aliphatic carbocycles. The van der Waals surface area contributed by atoms with Crippen LogP contribution < -0.4 is 10.6 Å². The second kappa shape index (κ2) is 10.5. The second-order valence-corrected chi connectivity index (χ2v) is 7.69. The molecule has 6 nitrogen and oxygen atoms in total. The number of anilines is 3. The van der Waals surface area contributed by atoms with E-state index in [9.17, 15) is 10.1 Å². The van der Waals surface area contributed by atoms with Gasteiger partial charge in [0.1, 0.15) is 11.6 Å². The lowest BCUT2D eigenvalue weighted by Gasteiger charge is -2.17. The number of carbonyl (C=O) groups excluding carboxylic acids is 1. The SMILES string of the molecule is COCC(C)n1c(C)cc(C=C(C#N)C(=O)Nc2ccc(Nc3ccccc3)cc2)c1C. The molecule has 0 radical (unpaired) electrons. The topological polar surface area (TPSA) is 79.1 Å². The zero-order chi connectivity index (χ0) is 23.1. The van der Waals surface area contributed by atoms with E-state index in [2.05, 4.69) is 22.1 Å². The highest BCUT2D eigenvalue weighted by molar-refractivity contribution is 6.09. The standard InChI is InChI=1S/C26H28N4O2/c1-18-14-21(20(3)30(18)19(2)17-32-4)15-22(16-27)26(31)29-25-12-10-24(11-13-25)28-23-8-6-5-7-9-23/h5-15,19,28H,17H2,1-4H3,(H,29,31). The molecular formula is C26H28N4O2. The molecule has 1 atom stereocenters. The third kappa shape index (κ3) is 5.45. The first-order valence-electron chi connectivity index (χ1n) is 10.5. The molecular weight excluding hydrogens is 400 g/mol. The van der Waals surface area contributed by atoms with Gasteiger partial charge >= 0.3 is 0 Å². The van der Waals surface area contributed by atoms with Crippen molar-refractivity contribution in [2.75, 3.05) is 24.4 Å². The predicted octanol–water partition coefficient (Wildman–Crippen LogP) is 5.60. The Kier molecular flexibility index (Phi) is 7.48. The zero-order valence-electron chi connectivity index (χ0n) is 18.8. The fourth-order valence-corrected chi connectivity index (χ4v) is 3.77. The quantitative estimate of drug-likeness (QED) is 0.361. The number of ether oxygens (including phenoxy) is 1.